The van der Waals surface area contributed by atoms with Gasteiger partial charge in [0, 0.05) is 17.6 Å². The van der Waals surface area contributed by atoms with E-state index >= 15 is 0 Å². The van der Waals surface area contributed by atoms with Gasteiger partial charge in [0.1, 0.15) is 5.82 Å². The number of alkyl halides is 3. The number of carbonyl (C=O) groups is 1. The maximum atomic E-state index is 14.0. The molecule has 0 aliphatic rings. The Morgan fingerprint density at radius 1 is 1.29 bits per heavy atom. The quantitative estimate of drug-likeness (QED) is 0.730. The summed E-state index contributed by atoms with van der Waals surface area (Å²) in [5.74, 6) is -2.42. The summed E-state index contributed by atoms with van der Waals surface area (Å²) in [4.78, 5) is 17.3. The van der Waals surface area contributed by atoms with Crippen LogP contribution in [0.4, 0.5) is 17.6 Å². The molecule has 0 saturated carbocycles. The fraction of sp³-hybridized carbons (Fsp3) is 0.375. The molecule has 0 aliphatic carbocycles. The summed E-state index contributed by atoms with van der Waals surface area (Å²) in [7, 11) is 1.70. The lowest BCUT2D eigenvalue weighted by Crippen LogP contribution is -2.16. The second-order valence-electron chi connectivity index (χ2n) is 5.63. The van der Waals surface area contributed by atoms with E-state index in [2.05, 4.69) is 4.99 Å². The zero-order valence-corrected chi connectivity index (χ0v) is 14.3. The van der Waals surface area contributed by atoms with Gasteiger partial charge in [-0.3, -0.25) is 4.79 Å². The Morgan fingerprint density at radius 3 is 2.42 bits per heavy atom. The molecule has 0 unspecified atom stereocenters. The monoisotopic (exact) mass is 360 g/mol. The SMILES string of the molecule is Cc1c(C(C)C)sc(=NC(=O)c2cccc(C(F)(F)F)c2F)n1C. The summed E-state index contributed by atoms with van der Waals surface area (Å²) >= 11 is 1.26. The first-order valence-electron chi connectivity index (χ1n) is 7.15. The molecular formula is C16H16F4N2OS. The van der Waals surface area contributed by atoms with Crippen LogP contribution in [0.3, 0.4) is 0 Å². The Balaban J connectivity index is 2.54. The van der Waals surface area contributed by atoms with E-state index in [9.17, 15) is 22.4 Å². The molecule has 1 aromatic carbocycles. The minimum Gasteiger partial charge on any atom is -0.324 e. The Bertz CT molecular complexity index is 847. The molecule has 0 atom stereocenters. The molecule has 0 bridgehead atoms. The molecule has 0 fully saturated rings. The molecule has 0 radical (unpaired) electrons. The maximum Gasteiger partial charge on any atom is 0.419 e. The molecule has 0 spiro atoms. The van der Waals surface area contributed by atoms with Crippen molar-refractivity contribution < 1.29 is 22.4 Å². The first kappa shape index (κ1) is 18.4. The average Bonchev–Trinajstić information content (AvgIpc) is 2.74. The average molecular weight is 360 g/mol. The van der Waals surface area contributed by atoms with Gasteiger partial charge in [-0.2, -0.15) is 18.2 Å². The van der Waals surface area contributed by atoms with E-state index in [-0.39, 0.29) is 5.92 Å². The van der Waals surface area contributed by atoms with Crippen LogP contribution in [0.15, 0.2) is 23.2 Å². The predicted octanol–water partition coefficient (Wildman–Crippen LogP) is 4.42. The van der Waals surface area contributed by atoms with Crippen molar-refractivity contribution in [2.75, 3.05) is 0 Å². The topological polar surface area (TPSA) is 34.4 Å². The summed E-state index contributed by atoms with van der Waals surface area (Å²) in [5.41, 5.74) is -1.26. The molecule has 0 aliphatic heterocycles. The van der Waals surface area contributed by atoms with Gasteiger partial charge in [0.15, 0.2) is 4.80 Å². The number of benzene rings is 1. The third-order valence-electron chi connectivity index (χ3n) is 3.60. The third kappa shape index (κ3) is 3.43. The summed E-state index contributed by atoms with van der Waals surface area (Å²) in [6.07, 6.45) is -4.87. The number of nitrogens with zero attached hydrogens (tertiary/aromatic N) is 2. The van der Waals surface area contributed by atoms with Crippen molar-refractivity contribution in [1.29, 1.82) is 0 Å². The van der Waals surface area contributed by atoms with Crippen LogP contribution in [-0.2, 0) is 13.2 Å². The van der Waals surface area contributed by atoms with Crippen LogP contribution in [-0.4, -0.2) is 10.5 Å². The van der Waals surface area contributed by atoms with E-state index in [1.54, 1.807) is 11.6 Å². The van der Waals surface area contributed by atoms with Crippen molar-refractivity contribution in [2.24, 2.45) is 12.0 Å². The largest absolute Gasteiger partial charge is 0.419 e. The van der Waals surface area contributed by atoms with E-state index < -0.39 is 29.0 Å². The van der Waals surface area contributed by atoms with Gasteiger partial charge in [-0.1, -0.05) is 19.9 Å². The van der Waals surface area contributed by atoms with E-state index in [4.69, 9.17) is 0 Å². The van der Waals surface area contributed by atoms with E-state index in [1.165, 1.54) is 11.3 Å². The predicted molar refractivity (Wildman–Crippen MR) is 83.4 cm³/mol. The summed E-state index contributed by atoms with van der Waals surface area (Å²) in [6, 6.07) is 2.59. The van der Waals surface area contributed by atoms with Crippen LogP contribution in [0.25, 0.3) is 0 Å². The van der Waals surface area contributed by atoms with Gasteiger partial charge in [-0.25, -0.2) is 4.39 Å². The molecule has 8 heteroatoms. The molecule has 1 heterocycles. The van der Waals surface area contributed by atoms with Gasteiger partial charge < -0.3 is 4.57 Å². The zero-order chi connectivity index (χ0) is 18.2. The lowest BCUT2D eigenvalue weighted by atomic mass is 10.1. The number of rotatable bonds is 2. The van der Waals surface area contributed by atoms with Crippen LogP contribution in [0.2, 0.25) is 0 Å². The highest BCUT2D eigenvalue weighted by molar-refractivity contribution is 7.09. The number of thiazole rings is 1. The number of halogens is 4. The molecule has 3 nitrogen and oxygen atoms in total. The Hall–Kier alpha value is -1.96. The molecule has 130 valence electrons. The fourth-order valence-corrected chi connectivity index (χ4v) is 3.37. The molecule has 24 heavy (non-hydrogen) atoms. The summed E-state index contributed by atoms with van der Waals surface area (Å²) in [5, 5.41) is 0. The summed E-state index contributed by atoms with van der Waals surface area (Å²) < 4.78 is 53.9. The normalized spacial score (nSPS) is 13.0. The number of amides is 1. The number of carbonyl (C=O) groups excluding carboxylic acids is 1. The smallest absolute Gasteiger partial charge is 0.324 e. The number of aromatic nitrogens is 1. The van der Waals surface area contributed by atoms with Gasteiger partial charge >= 0.3 is 6.18 Å². The number of hydrogen-bond donors (Lipinski definition) is 0. The summed E-state index contributed by atoms with van der Waals surface area (Å²) in [6.45, 7) is 5.83. The van der Waals surface area contributed by atoms with Crippen LogP contribution in [0.1, 0.15) is 46.3 Å². The lowest BCUT2D eigenvalue weighted by Gasteiger charge is -2.09. The molecule has 2 rings (SSSR count). The second kappa shape index (κ2) is 6.51. The van der Waals surface area contributed by atoms with Crippen molar-refractivity contribution in [1.82, 2.24) is 4.57 Å². The third-order valence-corrected chi connectivity index (χ3v) is 5.14. The van der Waals surface area contributed by atoms with Crippen LogP contribution in [0, 0.1) is 12.7 Å². The van der Waals surface area contributed by atoms with Gasteiger partial charge in [0.25, 0.3) is 5.91 Å². The highest BCUT2D eigenvalue weighted by Crippen LogP contribution is 2.32. The Labute approximate surface area is 140 Å². The lowest BCUT2D eigenvalue weighted by molar-refractivity contribution is -0.140. The Kier molecular flexibility index (Phi) is 4.98. The molecule has 1 amide bonds. The van der Waals surface area contributed by atoms with Crippen molar-refractivity contribution in [2.45, 2.75) is 32.9 Å². The first-order chi connectivity index (χ1) is 11.0. The van der Waals surface area contributed by atoms with E-state index in [1.807, 2.05) is 20.8 Å². The highest BCUT2D eigenvalue weighted by atomic mass is 32.1. The van der Waals surface area contributed by atoms with E-state index in [0.717, 1.165) is 22.7 Å². The zero-order valence-electron chi connectivity index (χ0n) is 13.5. The van der Waals surface area contributed by atoms with Gasteiger partial charge in [0.2, 0.25) is 0 Å². The fourth-order valence-electron chi connectivity index (χ4n) is 2.25. The van der Waals surface area contributed by atoms with Gasteiger partial charge in [-0.05, 0) is 25.0 Å². The molecule has 0 N–H and O–H groups in total. The minimum absolute atomic E-state index is 0.213. The molecule has 2 aromatic rings. The highest BCUT2D eigenvalue weighted by Gasteiger charge is 2.35. The van der Waals surface area contributed by atoms with Crippen molar-refractivity contribution >= 4 is 17.2 Å². The molecular weight excluding hydrogens is 344 g/mol. The van der Waals surface area contributed by atoms with Crippen LogP contribution >= 0.6 is 11.3 Å². The van der Waals surface area contributed by atoms with Crippen LogP contribution in [0.5, 0.6) is 0 Å². The standard InChI is InChI=1S/C16H16F4N2OS/c1-8(2)13-9(3)22(4)15(24-13)21-14(23)10-6-5-7-11(12(10)17)16(18,19)20/h5-8H,1-4H3. The van der Waals surface area contributed by atoms with Crippen molar-refractivity contribution in [3.8, 4) is 0 Å². The first-order valence-corrected chi connectivity index (χ1v) is 7.96. The van der Waals surface area contributed by atoms with Crippen LogP contribution < -0.4 is 4.80 Å². The molecule has 1 aromatic heterocycles. The van der Waals surface area contributed by atoms with Gasteiger partial charge in [-0.15, -0.1) is 11.3 Å². The number of hydrogen-bond acceptors (Lipinski definition) is 2. The maximum absolute atomic E-state index is 14.0. The Morgan fingerprint density at radius 2 is 1.92 bits per heavy atom. The second-order valence-corrected chi connectivity index (χ2v) is 6.64. The van der Waals surface area contributed by atoms with E-state index in [0.29, 0.717) is 10.9 Å². The molecule has 0 saturated heterocycles. The van der Waals surface area contributed by atoms with Gasteiger partial charge in [0.05, 0.1) is 11.1 Å². The van der Waals surface area contributed by atoms with Crippen molar-refractivity contribution in [3.05, 3.63) is 50.5 Å². The van der Waals surface area contributed by atoms with Crippen molar-refractivity contribution in [3.63, 3.8) is 0 Å². The minimum atomic E-state index is -4.87.